The molecule has 12 heteroatoms. The molecule has 0 saturated carbocycles. The number of nitrogens with two attached hydrogens (primary N) is 2. The summed E-state index contributed by atoms with van der Waals surface area (Å²) in [5, 5.41) is 17.5. The number of benzene rings is 1. The fraction of sp³-hybridized carbons (Fsp3) is 0.500. The van der Waals surface area contributed by atoms with Crippen molar-refractivity contribution in [1.29, 1.82) is 0 Å². The predicted octanol–water partition coefficient (Wildman–Crippen LogP) is -0.154. The van der Waals surface area contributed by atoms with Crippen LogP contribution in [0.25, 0.3) is 0 Å². The van der Waals surface area contributed by atoms with E-state index >= 15 is 0 Å². The van der Waals surface area contributed by atoms with Crippen LogP contribution < -0.4 is 27.4 Å². The lowest BCUT2D eigenvalue weighted by Gasteiger charge is -2.26. The van der Waals surface area contributed by atoms with Crippen molar-refractivity contribution in [2.24, 2.45) is 17.4 Å². The molecular formula is C26H39N7O5. The zero-order valence-electron chi connectivity index (χ0n) is 21.9. The molecule has 0 aliphatic heterocycles. The number of carbonyl (C=O) groups is 4. The maximum absolute atomic E-state index is 13.4. The molecule has 0 radical (unpaired) electrons. The molecule has 0 saturated heterocycles. The Morgan fingerprint density at radius 1 is 0.947 bits per heavy atom. The zero-order valence-corrected chi connectivity index (χ0v) is 21.9. The van der Waals surface area contributed by atoms with Crippen LogP contribution in [0.15, 0.2) is 42.9 Å². The van der Waals surface area contributed by atoms with Crippen molar-refractivity contribution >= 4 is 23.7 Å². The van der Waals surface area contributed by atoms with Crippen LogP contribution in [0.3, 0.4) is 0 Å². The Bertz CT molecular complexity index is 1030. The minimum Gasteiger partial charge on any atom is -0.480 e. The van der Waals surface area contributed by atoms with Crippen molar-refractivity contribution in [3.8, 4) is 0 Å². The monoisotopic (exact) mass is 529 g/mol. The first-order valence-electron chi connectivity index (χ1n) is 12.7. The first kappa shape index (κ1) is 30.5. The Kier molecular flexibility index (Phi) is 12.4. The van der Waals surface area contributed by atoms with E-state index in [0.29, 0.717) is 25.1 Å². The maximum Gasteiger partial charge on any atom is 0.326 e. The van der Waals surface area contributed by atoms with Gasteiger partial charge in [-0.3, -0.25) is 14.4 Å². The number of hydrogen-bond donors (Lipinski definition) is 7. The summed E-state index contributed by atoms with van der Waals surface area (Å²) in [6, 6.07) is 4.95. The number of amides is 3. The van der Waals surface area contributed by atoms with Crippen molar-refractivity contribution in [3.05, 3.63) is 54.1 Å². The standard InChI is InChI=1S/C26H39N7O5/c1-16(2)22(26(37)38)33-25(36)21(12-17-8-4-3-5-9-17)32-24(35)20(10-6-7-11-27)31-23(34)19(28)13-18-14-29-15-30-18/h3-5,8-9,14-16,19-22H,6-7,10-13,27-28H2,1-2H3,(H,29,30)(H,31,34)(H,32,35)(H,33,36)(H,37,38). The third-order valence-corrected chi connectivity index (χ3v) is 6.06. The van der Waals surface area contributed by atoms with Crippen LogP contribution in [0.4, 0.5) is 0 Å². The molecule has 1 heterocycles. The van der Waals surface area contributed by atoms with E-state index in [0.717, 1.165) is 5.56 Å². The first-order valence-corrected chi connectivity index (χ1v) is 12.7. The van der Waals surface area contributed by atoms with Crippen molar-refractivity contribution < 1.29 is 24.3 Å². The molecule has 208 valence electrons. The third-order valence-electron chi connectivity index (χ3n) is 6.06. The quantitative estimate of drug-likeness (QED) is 0.145. The van der Waals surface area contributed by atoms with Crippen molar-refractivity contribution in [1.82, 2.24) is 25.9 Å². The van der Waals surface area contributed by atoms with Gasteiger partial charge >= 0.3 is 5.97 Å². The minimum atomic E-state index is -1.17. The Labute approximate surface area is 222 Å². The summed E-state index contributed by atoms with van der Waals surface area (Å²) in [4.78, 5) is 57.8. The fourth-order valence-electron chi connectivity index (χ4n) is 3.87. The minimum absolute atomic E-state index is 0.131. The van der Waals surface area contributed by atoms with Gasteiger partial charge in [-0.2, -0.15) is 0 Å². The molecule has 12 nitrogen and oxygen atoms in total. The van der Waals surface area contributed by atoms with Crippen molar-refractivity contribution in [2.75, 3.05) is 6.54 Å². The predicted molar refractivity (Wildman–Crippen MR) is 142 cm³/mol. The average Bonchev–Trinajstić information content (AvgIpc) is 3.39. The number of hydrogen-bond acceptors (Lipinski definition) is 7. The molecule has 0 aliphatic carbocycles. The smallest absolute Gasteiger partial charge is 0.326 e. The summed E-state index contributed by atoms with van der Waals surface area (Å²) in [5.41, 5.74) is 13.1. The molecule has 4 unspecified atom stereocenters. The van der Waals surface area contributed by atoms with Gasteiger partial charge in [0.25, 0.3) is 0 Å². The molecule has 0 bridgehead atoms. The van der Waals surface area contributed by atoms with Crippen LogP contribution in [-0.2, 0) is 32.0 Å². The molecule has 0 fully saturated rings. The molecule has 1 aromatic carbocycles. The highest BCUT2D eigenvalue weighted by Gasteiger charge is 2.31. The normalized spacial score (nSPS) is 14.2. The Morgan fingerprint density at radius 3 is 2.18 bits per heavy atom. The van der Waals surface area contributed by atoms with E-state index in [1.54, 1.807) is 44.3 Å². The van der Waals surface area contributed by atoms with Gasteiger partial charge in [0.05, 0.1) is 12.4 Å². The maximum atomic E-state index is 13.4. The largest absolute Gasteiger partial charge is 0.480 e. The highest BCUT2D eigenvalue weighted by atomic mass is 16.4. The number of aromatic amines is 1. The van der Waals surface area contributed by atoms with Crippen LogP contribution in [0.1, 0.15) is 44.4 Å². The number of nitrogens with one attached hydrogen (secondary N) is 4. The number of carboxylic acids is 1. The SMILES string of the molecule is CC(C)C(NC(=O)C(Cc1ccccc1)NC(=O)C(CCCCN)NC(=O)C(N)Cc1cnc[nH]1)C(=O)O. The lowest BCUT2D eigenvalue weighted by atomic mass is 10.0. The van der Waals surface area contributed by atoms with Crippen LogP contribution in [0, 0.1) is 5.92 Å². The molecule has 3 amide bonds. The summed E-state index contributed by atoms with van der Waals surface area (Å²) in [7, 11) is 0. The van der Waals surface area contributed by atoms with E-state index in [1.165, 1.54) is 6.33 Å². The second kappa shape index (κ2) is 15.5. The van der Waals surface area contributed by atoms with Gasteiger partial charge in [0, 0.05) is 24.7 Å². The van der Waals surface area contributed by atoms with Gasteiger partial charge in [0.15, 0.2) is 0 Å². The lowest BCUT2D eigenvalue weighted by Crippen LogP contribution is -2.58. The summed E-state index contributed by atoms with van der Waals surface area (Å²) in [6.07, 6.45) is 4.87. The molecule has 9 N–H and O–H groups in total. The second-order valence-electron chi connectivity index (χ2n) is 9.55. The van der Waals surface area contributed by atoms with Crippen LogP contribution in [0.2, 0.25) is 0 Å². The third kappa shape index (κ3) is 9.94. The number of aromatic nitrogens is 2. The number of carboxylic acid groups (broad SMARTS) is 1. The van der Waals surface area contributed by atoms with E-state index in [1.807, 2.05) is 6.07 Å². The van der Waals surface area contributed by atoms with E-state index in [9.17, 15) is 24.3 Å². The molecule has 0 spiro atoms. The molecular weight excluding hydrogens is 490 g/mol. The van der Waals surface area contributed by atoms with Crippen LogP contribution in [0.5, 0.6) is 0 Å². The number of H-pyrrole nitrogens is 1. The van der Waals surface area contributed by atoms with Gasteiger partial charge in [0.2, 0.25) is 17.7 Å². The Balaban J connectivity index is 2.19. The van der Waals surface area contributed by atoms with Gasteiger partial charge in [-0.05, 0) is 37.3 Å². The second-order valence-corrected chi connectivity index (χ2v) is 9.55. The van der Waals surface area contributed by atoms with Gasteiger partial charge in [-0.1, -0.05) is 44.2 Å². The topological polar surface area (TPSA) is 205 Å². The summed E-state index contributed by atoms with van der Waals surface area (Å²) in [6.45, 7) is 3.78. The number of nitrogens with zero attached hydrogens (tertiary/aromatic N) is 1. The van der Waals surface area contributed by atoms with Gasteiger partial charge < -0.3 is 37.5 Å². The molecule has 0 aliphatic rings. The van der Waals surface area contributed by atoms with E-state index in [-0.39, 0.29) is 25.2 Å². The highest BCUT2D eigenvalue weighted by Crippen LogP contribution is 2.09. The highest BCUT2D eigenvalue weighted by molar-refractivity contribution is 5.94. The Morgan fingerprint density at radius 2 is 1.61 bits per heavy atom. The summed E-state index contributed by atoms with van der Waals surface area (Å²) in [5.74, 6) is -3.27. The van der Waals surface area contributed by atoms with Gasteiger partial charge in [-0.15, -0.1) is 0 Å². The van der Waals surface area contributed by atoms with Gasteiger partial charge in [0.1, 0.15) is 18.1 Å². The van der Waals surface area contributed by atoms with Crippen molar-refractivity contribution in [3.63, 3.8) is 0 Å². The molecule has 4 atom stereocenters. The zero-order chi connectivity index (χ0) is 28.1. The number of imidazole rings is 1. The van der Waals surface area contributed by atoms with Crippen LogP contribution >= 0.6 is 0 Å². The lowest BCUT2D eigenvalue weighted by molar-refractivity contribution is -0.143. The molecule has 1 aromatic heterocycles. The van der Waals surface area contributed by atoms with Crippen LogP contribution in [-0.4, -0.2) is 69.5 Å². The van der Waals surface area contributed by atoms with E-state index in [4.69, 9.17) is 11.5 Å². The Hall–Kier alpha value is -3.77. The summed E-state index contributed by atoms with van der Waals surface area (Å²) >= 11 is 0. The molecule has 38 heavy (non-hydrogen) atoms. The van der Waals surface area contributed by atoms with E-state index in [2.05, 4.69) is 25.9 Å². The van der Waals surface area contributed by atoms with Crippen molar-refractivity contribution in [2.45, 2.75) is 70.1 Å². The van der Waals surface area contributed by atoms with E-state index < -0.39 is 47.9 Å². The first-order chi connectivity index (χ1) is 18.1. The summed E-state index contributed by atoms with van der Waals surface area (Å²) < 4.78 is 0. The fourth-order valence-corrected chi connectivity index (χ4v) is 3.87. The molecule has 2 rings (SSSR count). The molecule has 2 aromatic rings. The number of rotatable bonds is 16. The number of aliphatic carboxylic acids is 1. The average molecular weight is 530 g/mol. The van der Waals surface area contributed by atoms with Gasteiger partial charge in [-0.25, -0.2) is 9.78 Å². The number of unbranched alkanes of at least 4 members (excludes halogenated alkanes) is 1. The number of carbonyl (C=O) groups excluding carboxylic acids is 3.